The van der Waals surface area contributed by atoms with E-state index in [9.17, 15) is 13.5 Å². The summed E-state index contributed by atoms with van der Waals surface area (Å²) in [6, 6.07) is 12.8. The first-order chi connectivity index (χ1) is 17.2. The normalized spacial score (nSPS) is 20.7. The first kappa shape index (κ1) is 26.2. The van der Waals surface area contributed by atoms with Gasteiger partial charge in [0.1, 0.15) is 23.1 Å². The molecule has 1 aliphatic rings. The highest BCUT2D eigenvalue weighted by Gasteiger charge is 2.38. The molecule has 0 amide bonds. The summed E-state index contributed by atoms with van der Waals surface area (Å²) in [5.41, 5.74) is 4.00. The van der Waals surface area contributed by atoms with Gasteiger partial charge in [0.15, 0.2) is 0 Å². The van der Waals surface area contributed by atoms with Crippen LogP contribution in [0.1, 0.15) is 25.0 Å². The number of hydrogen-bond donors (Lipinski definition) is 1. The van der Waals surface area contributed by atoms with Gasteiger partial charge in [0.25, 0.3) is 0 Å². The number of nitrogens with zero attached hydrogens (tertiary/aromatic N) is 4. The number of sulfonamides is 1. The van der Waals surface area contributed by atoms with Crippen LogP contribution in [0.2, 0.25) is 0 Å². The molecule has 0 saturated heterocycles. The molecule has 0 bridgehead atoms. The SMILES string of the molecule is Cc1ccc(-c2ccc3c(c2)O[C@@H](CN(C)Cc2cncnc2)[C@@H](C)CN([C@@H](C)CO)S3(=O)=O)cc1. The van der Waals surface area contributed by atoms with E-state index < -0.39 is 16.1 Å². The maximum Gasteiger partial charge on any atom is 0.247 e. The van der Waals surface area contributed by atoms with Gasteiger partial charge < -0.3 is 9.84 Å². The highest BCUT2D eigenvalue weighted by atomic mass is 32.2. The Bertz CT molecular complexity index is 1270. The smallest absolute Gasteiger partial charge is 0.247 e. The molecule has 1 aliphatic heterocycles. The summed E-state index contributed by atoms with van der Waals surface area (Å²) in [6.07, 6.45) is 4.79. The fraction of sp³-hybridized carbons (Fsp3) is 0.407. The van der Waals surface area contributed by atoms with Gasteiger partial charge >= 0.3 is 0 Å². The molecule has 2 heterocycles. The van der Waals surface area contributed by atoms with Crippen molar-refractivity contribution in [2.75, 3.05) is 26.7 Å². The average Bonchev–Trinajstić information content (AvgIpc) is 2.86. The molecular weight excluding hydrogens is 476 g/mol. The van der Waals surface area contributed by atoms with Crippen molar-refractivity contribution < 1.29 is 18.3 Å². The molecule has 0 aliphatic carbocycles. The van der Waals surface area contributed by atoms with Gasteiger partial charge in [-0.1, -0.05) is 42.8 Å². The van der Waals surface area contributed by atoms with E-state index in [-0.39, 0.29) is 30.1 Å². The molecule has 0 fully saturated rings. The summed E-state index contributed by atoms with van der Waals surface area (Å²) in [5, 5.41) is 9.85. The van der Waals surface area contributed by atoms with Gasteiger partial charge in [-0.3, -0.25) is 4.90 Å². The molecule has 3 aromatic rings. The van der Waals surface area contributed by atoms with Crippen molar-refractivity contribution >= 4 is 10.0 Å². The molecular formula is C27H34N4O4S. The zero-order valence-corrected chi connectivity index (χ0v) is 22.0. The number of rotatable bonds is 7. The lowest BCUT2D eigenvalue weighted by molar-refractivity contribution is 0.0733. The number of benzene rings is 2. The lowest BCUT2D eigenvalue weighted by atomic mass is 10.0. The molecule has 3 atom stereocenters. The minimum absolute atomic E-state index is 0.120. The van der Waals surface area contributed by atoms with Crippen LogP contribution in [-0.2, 0) is 16.6 Å². The maximum atomic E-state index is 13.7. The second kappa shape index (κ2) is 11.0. The van der Waals surface area contributed by atoms with Crippen molar-refractivity contribution in [2.24, 2.45) is 5.92 Å². The Hall–Kier alpha value is -2.85. The Morgan fingerprint density at radius 3 is 2.47 bits per heavy atom. The lowest BCUT2D eigenvalue weighted by Gasteiger charge is -2.37. The van der Waals surface area contributed by atoms with E-state index in [1.807, 2.05) is 57.3 Å². The number of aliphatic hydroxyl groups is 1. The summed E-state index contributed by atoms with van der Waals surface area (Å²) >= 11 is 0. The standard InChI is InChI=1S/C27H34N4O4S/c1-19-5-7-23(8-6-19)24-9-10-27-25(11-24)35-26(16-30(4)15-22-12-28-18-29-13-22)20(2)14-31(21(3)17-32)36(27,33)34/h5-13,18,20-21,26,32H,14-17H2,1-4H3/t20-,21-,26-/m0/s1. The molecule has 2 aromatic carbocycles. The highest BCUT2D eigenvalue weighted by Crippen LogP contribution is 2.36. The monoisotopic (exact) mass is 510 g/mol. The maximum absolute atomic E-state index is 13.7. The van der Waals surface area contributed by atoms with Crippen molar-refractivity contribution in [1.82, 2.24) is 19.2 Å². The number of likely N-dealkylation sites (N-methyl/N-ethyl adjacent to an activating group) is 1. The Morgan fingerprint density at radius 1 is 1.14 bits per heavy atom. The van der Waals surface area contributed by atoms with Crippen LogP contribution in [0.3, 0.4) is 0 Å². The van der Waals surface area contributed by atoms with E-state index in [2.05, 4.69) is 14.9 Å². The van der Waals surface area contributed by atoms with Crippen LogP contribution in [0.15, 0.2) is 66.1 Å². The van der Waals surface area contributed by atoms with Gasteiger partial charge in [-0.05, 0) is 44.2 Å². The third-order valence-corrected chi connectivity index (χ3v) is 8.63. The largest absolute Gasteiger partial charge is 0.487 e. The summed E-state index contributed by atoms with van der Waals surface area (Å²) in [4.78, 5) is 10.4. The van der Waals surface area contributed by atoms with Crippen LogP contribution >= 0.6 is 0 Å². The first-order valence-corrected chi connectivity index (χ1v) is 13.6. The topological polar surface area (TPSA) is 95.9 Å². The minimum atomic E-state index is -3.87. The minimum Gasteiger partial charge on any atom is -0.487 e. The zero-order valence-electron chi connectivity index (χ0n) is 21.2. The fourth-order valence-electron chi connectivity index (χ4n) is 4.46. The number of aromatic nitrogens is 2. The van der Waals surface area contributed by atoms with E-state index in [0.717, 1.165) is 22.3 Å². The Balaban J connectivity index is 1.72. The van der Waals surface area contributed by atoms with Crippen molar-refractivity contribution in [1.29, 1.82) is 0 Å². The van der Waals surface area contributed by atoms with Crippen molar-refractivity contribution in [3.63, 3.8) is 0 Å². The molecule has 9 heteroatoms. The van der Waals surface area contributed by atoms with Crippen LogP contribution in [0.4, 0.5) is 0 Å². The van der Waals surface area contributed by atoms with Crippen LogP contribution in [0.5, 0.6) is 5.75 Å². The summed E-state index contributed by atoms with van der Waals surface area (Å²) in [5.74, 6) is 0.204. The quantitative estimate of drug-likeness (QED) is 0.521. The predicted molar refractivity (Wildman–Crippen MR) is 139 cm³/mol. The molecule has 0 unspecified atom stereocenters. The zero-order chi connectivity index (χ0) is 25.9. The second-order valence-electron chi connectivity index (χ2n) is 9.71. The number of ether oxygens (including phenoxy) is 1. The van der Waals surface area contributed by atoms with Crippen LogP contribution in [0.25, 0.3) is 11.1 Å². The first-order valence-electron chi connectivity index (χ1n) is 12.1. The number of aliphatic hydroxyl groups excluding tert-OH is 1. The molecule has 4 rings (SSSR count). The fourth-order valence-corrected chi connectivity index (χ4v) is 6.29. The van der Waals surface area contributed by atoms with Gasteiger partial charge in [-0.2, -0.15) is 4.31 Å². The van der Waals surface area contributed by atoms with Gasteiger partial charge in [0.05, 0.1) is 6.61 Å². The molecule has 0 saturated carbocycles. The van der Waals surface area contributed by atoms with E-state index in [1.54, 1.807) is 25.4 Å². The number of fused-ring (bicyclic) bond motifs is 1. The Labute approximate surface area is 213 Å². The van der Waals surface area contributed by atoms with Gasteiger partial charge in [0.2, 0.25) is 10.0 Å². The predicted octanol–water partition coefficient (Wildman–Crippen LogP) is 3.35. The van der Waals surface area contributed by atoms with Crippen molar-refractivity contribution in [2.45, 2.75) is 44.4 Å². The van der Waals surface area contributed by atoms with Crippen molar-refractivity contribution in [3.05, 3.63) is 72.3 Å². The Kier molecular flexibility index (Phi) is 8.04. The van der Waals surface area contributed by atoms with E-state index in [0.29, 0.717) is 18.8 Å². The van der Waals surface area contributed by atoms with Gasteiger partial charge in [-0.25, -0.2) is 18.4 Å². The molecule has 1 aromatic heterocycles. The van der Waals surface area contributed by atoms with Gasteiger partial charge in [-0.15, -0.1) is 0 Å². The van der Waals surface area contributed by atoms with E-state index >= 15 is 0 Å². The average molecular weight is 511 g/mol. The van der Waals surface area contributed by atoms with E-state index in [1.165, 1.54) is 10.6 Å². The van der Waals surface area contributed by atoms with Crippen LogP contribution in [-0.4, -0.2) is 71.6 Å². The number of aryl methyl sites for hydroxylation is 1. The molecule has 36 heavy (non-hydrogen) atoms. The summed E-state index contributed by atoms with van der Waals surface area (Å²) < 4.78 is 35.3. The van der Waals surface area contributed by atoms with Crippen LogP contribution in [0, 0.1) is 12.8 Å². The molecule has 192 valence electrons. The van der Waals surface area contributed by atoms with E-state index in [4.69, 9.17) is 4.74 Å². The number of hydrogen-bond acceptors (Lipinski definition) is 7. The Morgan fingerprint density at radius 2 is 1.81 bits per heavy atom. The summed E-state index contributed by atoms with van der Waals surface area (Å²) in [7, 11) is -1.88. The molecule has 1 N–H and O–H groups in total. The third kappa shape index (κ3) is 5.75. The molecule has 8 nitrogen and oxygen atoms in total. The lowest BCUT2D eigenvalue weighted by Crippen LogP contribution is -2.49. The molecule has 0 spiro atoms. The van der Waals surface area contributed by atoms with Gasteiger partial charge in [0, 0.05) is 49.6 Å². The van der Waals surface area contributed by atoms with Crippen LogP contribution < -0.4 is 4.74 Å². The highest BCUT2D eigenvalue weighted by molar-refractivity contribution is 7.89. The second-order valence-corrected chi connectivity index (χ2v) is 11.6. The summed E-state index contributed by atoms with van der Waals surface area (Å²) in [6.45, 7) is 6.94. The van der Waals surface area contributed by atoms with Crippen molar-refractivity contribution in [3.8, 4) is 16.9 Å². The third-order valence-electron chi connectivity index (χ3n) is 6.61. The molecule has 0 radical (unpaired) electrons.